The van der Waals surface area contributed by atoms with Gasteiger partial charge in [0.2, 0.25) is 5.91 Å². The van der Waals surface area contributed by atoms with Gasteiger partial charge in [-0.25, -0.2) is 0 Å². The fraction of sp³-hybridized carbons (Fsp3) is 0.0789. The van der Waals surface area contributed by atoms with Crippen molar-refractivity contribution >= 4 is 52.6 Å². The molecular formula is C38H32N4O5S. The number of nitrogens with one attached hydrogen (secondary N) is 3. The Bertz CT molecular complexity index is 1960. The van der Waals surface area contributed by atoms with Crippen molar-refractivity contribution in [2.45, 2.75) is 24.0 Å². The normalized spacial score (nSPS) is 11.7. The molecule has 0 fully saturated rings. The second-order valence-corrected chi connectivity index (χ2v) is 12.1. The van der Waals surface area contributed by atoms with Crippen molar-refractivity contribution in [3.63, 3.8) is 0 Å². The lowest BCUT2D eigenvalue weighted by Gasteiger charge is -2.18. The van der Waals surface area contributed by atoms with Crippen molar-refractivity contribution in [2.75, 3.05) is 10.6 Å². The van der Waals surface area contributed by atoms with Gasteiger partial charge in [0.1, 0.15) is 10.9 Å². The Labute approximate surface area is 282 Å². The fourth-order valence-electron chi connectivity index (χ4n) is 4.98. The van der Waals surface area contributed by atoms with Crippen LogP contribution in [0.1, 0.15) is 37.9 Å². The minimum atomic E-state index is -0.673. The first-order chi connectivity index (χ1) is 23.2. The third-order valence-electron chi connectivity index (χ3n) is 7.16. The third-order valence-corrected chi connectivity index (χ3v) is 8.42. The second-order valence-electron chi connectivity index (χ2n) is 10.9. The van der Waals surface area contributed by atoms with E-state index in [4.69, 9.17) is 0 Å². The first kappa shape index (κ1) is 33.4. The first-order valence-corrected chi connectivity index (χ1v) is 15.9. The first-order valence-electron chi connectivity index (χ1n) is 15.0. The number of hydrogen-bond acceptors (Lipinski definition) is 6. The van der Waals surface area contributed by atoms with Gasteiger partial charge in [0.25, 0.3) is 17.5 Å². The molecule has 3 amide bonds. The van der Waals surface area contributed by atoms with Crippen LogP contribution in [0.25, 0.3) is 6.08 Å². The SMILES string of the molecule is Cc1cc(C)cc(NC(=O)C(Sc2ccc(NC(=O)/C(=C/c3ccccc3[N+](=O)[O-])NC(=O)c3ccccc3)cc2)c2ccccc2)c1. The van der Waals surface area contributed by atoms with Gasteiger partial charge >= 0.3 is 0 Å². The van der Waals surface area contributed by atoms with Crippen LogP contribution in [0.3, 0.4) is 0 Å². The van der Waals surface area contributed by atoms with Gasteiger partial charge in [0.15, 0.2) is 0 Å². The summed E-state index contributed by atoms with van der Waals surface area (Å²) in [6.07, 6.45) is 1.28. The van der Waals surface area contributed by atoms with Crippen LogP contribution in [0.4, 0.5) is 17.1 Å². The number of benzene rings is 5. The quantitative estimate of drug-likeness (QED) is 0.0570. The predicted octanol–water partition coefficient (Wildman–Crippen LogP) is 8.09. The standard InChI is InChI=1S/C38H32N4O5S/c1-25-21-26(2)23-31(22-25)40-38(45)35(27-11-5-3-6-12-27)48-32-19-17-30(18-20-32)39-37(44)33(41-36(43)28-13-7-4-8-14-28)24-29-15-9-10-16-34(29)42(46)47/h3-24,35H,1-2H3,(H,39,44)(H,40,45)(H,41,43)/b33-24-. The topological polar surface area (TPSA) is 130 Å². The molecule has 5 aromatic rings. The van der Waals surface area contributed by atoms with E-state index in [9.17, 15) is 24.5 Å². The molecule has 0 saturated carbocycles. The predicted molar refractivity (Wildman–Crippen MR) is 190 cm³/mol. The van der Waals surface area contributed by atoms with Crippen LogP contribution in [0.2, 0.25) is 0 Å². The summed E-state index contributed by atoms with van der Waals surface area (Å²) in [5, 5.41) is 19.5. The molecule has 5 rings (SSSR count). The van der Waals surface area contributed by atoms with E-state index < -0.39 is 22.0 Å². The van der Waals surface area contributed by atoms with Crippen molar-refractivity contribution in [2.24, 2.45) is 0 Å². The van der Waals surface area contributed by atoms with Gasteiger partial charge in [0.05, 0.1) is 10.5 Å². The van der Waals surface area contributed by atoms with Gasteiger partial charge < -0.3 is 16.0 Å². The van der Waals surface area contributed by atoms with E-state index in [1.165, 1.54) is 36.0 Å². The van der Waals surface area contributed by atoms with E-state index in [1.807, 2.05) is 62.4 Å². The molecule has 0 aliphatic heterocycles. The molecule has 0 saturated heterocycles. The zero-order valence-electron chi connectivity index (χ0n) is 26.2. The Morgan fingerprint density at radius 3 is 1.98 bits per heavy atom. The summed E-state index contributed by atoms with van der Waals surface area (Å²) in [5.41, 5.74) is 4.15. The fourth-order valence-corrected chi connectivity index (χ4v) is 6.01. The highest BCUT2D eigenvalue weighted by molar-refractivity contribution is 8.00. The highest BCUT2D eigenvalue weighted by Gasteiger charge is 2.23. The molecule has 1 unspecified atom stereocenters. The van der Waals surface area contributed by atoms with Crippen LogP contribution in [0.15, 0.2) is 138 Å². The average molecular weight is 657 g/mol. The molecule has 240 valence electrons. The van der Waals surface area contributed by atoms with Crippen molar-refractivity contribution in [1.82, 2.24) is 5.32 Å². The van der Waals surface area contributed by atoms with Crippen LogP contribution in [-0.4, -0.2) is 22.6 Å². The largest absolute Gasteiger partial charge is 0.325 e. The van der Waals surface area contributed by atoms with Gasteiger partial charge in [-0.1, -0.05) is 66.7 Å². The number of rotatable bonds is 11. The number of carbonyl (C=O) groups is 3. The zero-order chi connectivity index (χ0) is 34.0. The molecule has 1 atom stereocenters. The third kappa shape index (κ3) is 8.83. The maximum Gasteiger partial charge on any atom is 0.276 e. The Morgan fingerprint density at radius 1 is 0.729 bits per heavy atom. The summed E-state index contributed by atoms with van der Waals surface area (Å²) in [4.78, 5) is 51.9. The number of nitro benzene ring substituents is 1. The maximum atomic E-state index is 13.6. The van der Waals surface area contributed by atoms with Gasteiger partial charge in [-0.3, -0.25) is 24.5 Å². The minimum absolute atomic E-state index is 0.152. The monoisotopic (exact) mass is 656 g/mol. The molecular weight excluding hydrogens is 625 g/mol. The van der Waals surface area contributed by atoms with Crippen LogP contribution in [0.5, 0.6) is 0 Å². The lowest BCUT2D eigenvalue weighted by molar-refractivity contribution is -0.385. The number of anilines is 2. The van der Waals surface area contributed by atoms with Gasteiger partial charge in [0, 0.05) is 27.9 Å². The summed E-state index contributed by atoms with van der Waals surface area (Å²) in [6, 6.07) is 36.6. The number of carbonyl (C=O) groups excluding carboxylic acids is 3. The highest BCUT2D eigenvalue weighted by Crippen LogP contribution is 2.37. The minimum Gasteiger partial charge on any atom is -0.325 e. The molecule has 9 nitrogen and oxygen atoms in total. The van der Waals surface area contributed by atoms with Crippen LogP contribution < -0.4 is 16.0 Å². The van der Waals surface area contributed by atoms with Crippen molar-refractivity contribution < 1.29 is 19.3 Å². The average Bonchev–Trinajstić information content (AvgIpc) is 3.08. The Kier molecular flexibility index (Phi) is 10.8. The van der Waals surface area contributed by atoms with Crippen LogP contribution in [-0.2, 0) is 9.59 Å². The van der Waals surface area contributed by atoms with Gasteiger partial charge in [-0.05, 0) is 91.2 Å². The van der Waals surface area contributed by atoms with E-state index in [1.54, 1.807) is 60.7 Å². The van der Waals surface area contributed by atoms with Crippen LogP contribution in [0, 0.1) is 24.0 Å². The van der Waals surface area contributed by atoms with E-state index >= 15 is 0 Å². The number of thioether (sulfide) groups is 1. The molecule has 0 aliphatic carbocycles. The molecule has 0 bridgehead atoms. The lowest BCUT2D eigenvalue weighted by Crippen LogP contribution is -2.30. The Balaban J connectivity index is 1.36. The summed E-state index contributed by atoms with van der Waals surface area (Å²) in [7, 11) is 0. The molecule has 48 heavy (non-hydrogen) atoms. The number of nitro groups is 1. The molecule has 0 aliphatic rings. The van der Waals surface area contributed by atoms with E-state index in [2.05, 4.69) is 16.0 Å². The number of para-hydroxylation sites is 1. The van der Waals surface area contributed by atoms with E-state index in [-0.39, 0.29) is 22.9 Å². The number of nitrogens with zero attached hydrogens (tertiary/aromatic N) is 1. The van der Waals surface area contributed by atoms with Gasteiger partial charge in [-0.15, -0.1) is 11.8 Å². The summed E-state index contributed by atoms with van der Waals surface area (Å²) < 4.78 is 0. The molecule has 0 spiro atoms. The molecule has 10 heteroatoms. The zero-order valence-corrected chi connectivity index (χ0v) is 27.0. The highest BCUT2D eigenvalue weighted by atomic mass is 32.2. The van der Waals surface area contributed by atoms with Crippen LogP contribution >= 0.6 is 11.8 Å². The Hall–Kier alpha value is -6.00. The number of hydrogen-bond donors (Lipinski definition) is 3. The lowest BCUT2D eigenvalue weighted by atomic mass is 10.1. The van der Waals surface area contributed by atoms with Crippen molar-refractivity contribution in [3.8, 4) is 0 Å². The second kappa shape index (κ2) is 15.5. The summed E-state index contributed by atoms with van der Waals surface area (Å²) >= 11 is 1.37. The van der Waals surface area contributed by atoms with Gasteiger partial charge in [-0.2, -0.15) is 0 Å². The van der Waals surface area contributed by atoms with Crippen molar-refractivity contribution in [1.29, 1.82) is 0 Å². The summed E-state index contributed by atoms with van der Waals surface area (Å²) in [6.45, 7) is 3.96. The smallest absolute Gasteiger partial charge is 0.276 e. The number of amides is 3. The van der Waals surface area contributed by atoms with Crippen molar-refractivity contribution in [3.05, 3.63) is 171 Å². The Morgan fingerprint density at radius 2 is 1.33 bits per heavy atom. The molecule has 0 radical (unpaired) electrons. The van der Waals surface area contributed by atoms with E-state index in [0.717, 1.165) is 27.3 Å². The molecule has 0 aromatic heterocycles. The summed E-state index contributed by atoms with van der Waals surface area (Å²) in [5.74, 6) is -1.39. The molecule has 0 heterocycles. The molecule has 5 aromatic carbocycles. The van der Waals surface area contributed by atoms with E-state index in [0.29, 0.717) is 11.3 Å². The number of aryl methyl sites for hydroxylation is 2. The maximum absolute atomic E-state index is 13.6. The molecule has 3 N–H and O–H groups in total.